The van der Waals surface area contributed by atoms with Crippen LogP contribution in [-0.4, -0.2) is 40.5 Å². The molecule has 0 aliphatic carbocycles. The number of anilines is 1. The lowest BCUT2D eigenvalue weighted by Gasteiger charge is -2.13. The Labute approximate surface area is 124 Å². The summed E-state index contributed by atoms with van der Waals surface area (Å²) in [5, 5.41) is 3.26. The van der Waals surface area contributed by atoms with Crippen molar-refractivity contribution in [1.82, 2.24) is 10.0 Å². The Hall–Kier alpha value is -1.44. The third-order valence-corrected chi connectivity index (χ3v) is 5.54. The van der Waals surface area contributed by atoms with Gasteiger partial charge in [-0.15, -0.1) is 0 Å². The maximum absolute atomic E-state index is 12.3. The number of amides is 1. The number of fused-ring (bicyclic) bond motifs is 1. The van der Waals surface area contributed by atoms with Gasteiger partial charge in [-0.05, 0) is 43.1 Å². The topological polar surface area (TPSA) is 78.5 Å². The zero-order valence-electron chi connectivity index (χ0n) is 11.9. The summed E-state index contributed by atoms with van der Waals surface area (Å²) >= 11 is 0. The van der Waals surface area contributed by atoms with Crippen molar-refractivity contribution in [2.45, 2.75) is 30.2 Å². The van der Waals surface area contributed by atoms with E-state index in [0.717, 1.165) is 30.6 Å². The van der Waals surface area contributed by atoms with E-state index >= 15 is 0 Å². The molecule has 2 aliphatic rings. The number of hydrogen-bond acceptors (Lipinski definition) is 4. The molecule has 0 saturated carbocycles. The number of nitrogens with one attached hydrogen (secondary N) is 2. The van der Waals surface area contributed by atoms with Gasteiger partial charge in [-0.3, -0.25) is 4.79 Å². The van der Waals surface area contributed by atoms with Crippen LogP contribution in [0.4, 0.5) is 5.69 Å². The summed E-state index contributed by atoms with van der Waals surface area (Å²) < 4.78 is 27.3. The molecule has 1 fully saturated rings. The molecule has 1 aromatic carbocycles. The molecule has 21 heavy (non-hydrogen) atoms. The smallest absolute Gasteiger partial charge is 0.240 e. The molecule has 2 heterocycles. The number of likely N-dealkylation sites (N-methyl/N-ethyl adjacent to an activating group) is 1. The number of benzene rings is 1. The lowest BCUT2D eigenvalue weighted by Crippen LogP contribution is -2.37. The molecule has 0 aromatic heterocycles. The highest BCUT2D eigenvalue weighted by atomic mass is 32.2. The van der Waals surface area contributed by atoms with E-state index in [4.69, 9.17) is 0 Å². The van der Waals surface area contributed by atoms with Gasteiger partial charge in [0.1, 0.15) is 0 Å². The predicted octanol–water partition coefficient (Wildman–Crippen LogP) is 0.236. The largest absolute Gasteiger partial charge is 0.315 e. The molecule has 114 valence electrons. The molecule has 1 atom stereocenters. The van der Waals surface area contributed by atoms with Crippen LogP contribution in [0.2, 0.25) is 0 Å². The number of carbonyl (C=O) groups is 1. The van der Waals surface area contributed by atoms with Crippen molar-refractivity contribution in [2.24, 2.45) is 0 Å². The number of rotatable bonds is 4. The summed E-state index contributed by atoms with van der Waals surface area (Å²) in [6.45, 7) is 1.35. The van der Waals surface area contributed by atoms with Crippen LogP contribution in [0.25, 0.3) is 0 Å². The first-order valence-electron chi connectivity index (χ1n) is 7.10. The van der Waals surface area contributed by atoms with Gasteiger partial charge in [0.15, 0.2) is 0 Å². The quantitative estimate of drug-likeness (QED) is 0.835. The summed E-state index contributed by atoms with van der Waals surface area (Å²) in [7, 11) is -1.82. The van der Waals surface area contributed by atoms with Gasteiger partial charge >= 0.3 is 0 Å². The van der Waals surface area contributed by atoms with Crippen molar-refractivity contribution in [3.8, 4) is 0 Å². The first-order chi connectivity index (χ1) is 9.97. The summed E-state index contributed by atoms with van der Waals surface area (Å²) in [6, 6.07) is 5.06. The summed E-state index contributed by atoms with van der Waals surface area (Å²) in [6.07, 6.45) is 2.34. The van der Waals surface area contributed by atoms with E-state index in [9.17, 15) is 13.2 Å². The van der Waals surface area contributed by atoms with E-state index in [-0.39, 0.29) is 23.3 Å². The average molecular weight is 309 g/mol. The van der Waals surface area contributed by atoms with Crippen molar-refractivity contribution < 1.29 is 13.2 Å². The highest BCUT2D eigenvalue weighted by Crippen LogP contribution is 2.29. The van der Waals surface area contributed by atoms with Crippen LogP contribution in [0.5, 0.6) is 0 Å². The van der Waals surface area contributed by atoms with Gasteiger partial charge in [0, 0.05) is 25.3 Å². The lowest BCUT2D eigenvalue weighted by molar-refractivity contribution is -0.117. The SMILES string of the molecule is CN1C(=O)Cc2cc(S(=O)(=O)NCC3CCCN3)ccc21. The van der Waals surface area contributed by atoms with Crippen molar-refractivity contribution >= 4 is 21.6 Å². The van der Waals surface area contributed by atoms with E-state index in [1.54, 1.807) is 30.1 Å². The van der Waals surface area contributed by atoms with Gasteiger partial charge in [-0.1, -0.05) is 0 Å². The fraction of sp³-hybridized carbons (Fsp3) is 0.500. The van der Waals surface area contributed by atoms with Crippen molar-refractivity contribution in [2.75, 3.05) is 25.0 Å². The molecule has 3 rings (SSSR count). The Morgan fingerprint density at radius 1 is 1.43 bits per heavy atom. The third kappa shape index (κ3) is 2.81. The first kappa shape index (κ1) is 14.5. The zero-order valence-corrected chi connectivity index (χ0v) is 12.7. The number of carbonyl (C=O) groups excluding carboxylic acids is 1. The molecule has 7 heteroatoms. The Bertz CT molecular complexity index is 666. The van der Waals surface area contributed by atoms with Crippen molar-refractivity contribution in [3.05, 3.63) is 23.8 Å². The summed E-state index contributed by atoms with van der Waals surface area (Å²) in [4.78, 5) is 13.4. The van der Waals surface area contributed by atoms with Crippen molar-refractivity contribution in [1.29, 1.82) is 0 Å². The molecule has 0 radical (unpaired) electrons. The first-order valence-corrected chi connectivity index (χ1v) is 8.58. The van der Waals surface area contributed by atoms with Crippen molar-refractivity contribution in [3.63, 3.8) is 0 Å². The Kier molecular flexibility index (Phi) is 3.73. The Balaban J connectivity index is 1.77. The van der Waals surface area contributed by atoms with Crippen LogP contribution in [0.15, 0.2) is 23.1 Å². The van der Waals surface area contributed by atoms with E-state index in [1.807, 2.05) is 0 Å². The van der Waals surface area contributed by atoms with Crippen LogP contribution in [0.1, 0.15) is 18.4 Å². The van der Waals surface area contributed by atoms with Gasteiger partial charge < -0.3 is 10.2 Å². The second-order valence-corrected chi connectivity index (χ2v) is 7.33. The van der Waals surface area contributed by atoms with Crippen LogP contribution in [0, 0.1) is 0 Å². The zero-order chi connectivity index (χ0) is 15.0. The minimum atomic E-state index is -3.52. The highest BCUT2D eigenvalue weighted by molar-refractivity contribution is 7.89. The van der Waals surface area contributed by atoms with E-state index < -0.39 is 10.0 Å². The second-order valence-electron chi connectivity index (χ2n) is 5.57. The fourth-order valence-corrected chi connectivity index (χ4v) is 3.97. The molecular weight excluding hydrogens is 290 g/mol. The molecule has 1 saturated heterocycles. The fourth-order valence-electron chi connectivity index (χ4n) is 2.84. The van der Waals surface area contributed by atoms with Gasteiger partial charge in [0.25, 0.3) is 0 Å². The minimum Gasteiger partial charge on any atom is -0.315 e. The van der Waals surface area contributed by atoms with Gasteiger partial charge in [-0.2, -0.15) is 0 Å². The Morgan fingerprint density at radius 2 is 2.24 bits per heavy atom. The lowest BCUT2D eigenvalue weighted by atomic mass is 10.2. The summed E-state index contributed by atoms with van der Waals surface area (Å²) in [5.74, 6) is -0.0114. The van der Waals surface area contributed by atoms with Crippen LogP contribution >= 0.6 is 0 Å². The van der Waals surface area contributed by atoms with E-state index in [2.05, 4.69) is 10.0 Å². The number of sulfonamides is 1. The molecule has 0 spiro atoms. The average Bonchev–Trinajstić information content (AvgIpc) is 3.06. The van der Waals surface area contributed by atoms with Crippen LogP contribution < -0.4 is 14.9 Å². The van der Waals surface area contributed by atoms with Gasteiger partial charge in [0.2, 0.25) is 15.9 Å². The number of hydrogen-bond donors (Lipinski definition) is 2. The van der Waals surface area contributed by atoms with E-state index in [1.165, 1.54) is 0 Å². The molecule has 1 aromatic rings. The van der Waals surface area contributed by atoms with Gasteiger partial charge in [0.05, 0.1) is 11.3 Å². The van der Waals surface area contributed by atoms with Crippen LogP contribution in [0.3, 0.4) is 0 Å². The molecule has 0 bridgehead atoms. The molecule has 6 nitrogen and oxygen atoms in total. The monoisotopic (exact) mass is 309 g/mol. The molecule has 1 amide bonds. The second kappa shape index (κ2) is 5.40. The summed E-state index contributed by atoms with van der Waals surface area (Å²) in [5.41, 5.74) is 1.56. The number of nitrogens with zero attached hydrogens (tertiary/aromatic N) is 1. The normalized spacial score (nSPS) is 21.9. The maximum Gasteiger partial charge on any atom is 0.240 e. The highest BCUT2D eigenvalue weighted by Gasteiger charge is 2.26. The molecule has 1 unspecified atom stereocenters. The third-order valence-electron chi connectivity index (χ3n) is 4.12. The molecule has 2 N–H and O–H groups in total. The molecule has 2 aliphatic heterocycles. The van der Waals surface area contributed by atoms with E-state index in [0.29, 0.717) is 6.54 Å². The van der Waals surface area contributed by atoms with Gasteiger partial charge in [-0.25, -0.2) is 13.1 Å². The Morgan fingerprint density at radius 3 is 2.95 bits per heavy atom. The van der Waals surface area contributed by atoms with Crippen LogP contribution in [-0.2, 0) is 21.2 Å². The standard InChI is InChI=1S/C14H19N3O3S/c1-17-13-5-4-12(7-10(13)8-14(17)18)21(19,20)16-9-11-3-2-6-15-11/h4-5,7,11,15-16H,2-3,6,8-9H2,1H3. The minimum absolute atomic E-state index is 0.0114. The maximum atomic E-state index is 12.3. The molecular formula is C14H19N3O3S. The predicted molar refractivity (Wildman–Crippen MR) is 79.8 cm³/mol.